The molecule has 5 rings (SSSR count). The van der Waals surface area contributed by atoms with E-state index < -0.39 is 0 Å². The average Bonchev–Trinajstić information content (AvgIpc) is 2.84. The predicted octanol–water partition coefficient (Wildman–Crippen LogP) is 4.46. The van der Waals surface area contributed by atoms with Gasteiger partial charge in [-0.15, -0.1) is 0 Å². The summed E-state index contributed by atoms with van der Waals surface area (Å²) < 4.78 is 19.5. The zero-order valence-corrected chi connectivity index (χ0v) is 19.4. The Hall–Kier alpha value is -3.68. The predicted molar refractivity (Wildman–Crippen MR) is 131 cm³/mol. The van der Waals surface area contributed by atoms with Crippen molar-refractivity contribution in [3.63, 3.8) is 0 Å². The number of aromatic nitrogens is 2. The number of ketones is 1. The van der Waals surface area contributed by atoms with Gasteiger partial charge in [0.05, 0.1) is 24.1 Å². The van der Waals surface area contributed by atoms with Gasteiger partial charge in [0, 0.05) is 38.3 Å². The molecule has 176 valence electrons. The molecule has 1 aromatic heterocycles. The molecule has 0 amide bonds. The first kappa shape index (κ1) is 22.1. The van der Waals surface area contributed by atoms with E-state index in [1.807, 2.05) is 41.3 Å². The normalized spacial score (nSPS) is 18.0. The minimum Gasteiger partial charge on any atom is -0.497 e. The highest BCUT2D eigenvalue weighted by molar-refractivity contribution is 6.03. The van der Waals surface area contributed by atoms with E-state index >= 15 is 0 Å². The summed E-state index contributed by atoms with van der Waals surface area (Å²) >= 11 is 0. The van der Waals surface area contributed by atoms with Gasteiger partial charge < -0.3 is 19.9 Å². The zero-order chi connectivity index (χ0) is 23.7. The molecule has 1 saturated heterocycles. The Bertz CT molecular complexity index is 1190. The highest BCUT2D eigenvalue weighted by Gasteiger charge is 2.30. The summed E-state index contributed by atoms with van der Waals surface area (Å²) in [6, 6.07) is 14.4. The van der Waals surface area contributed by atoms with Crippen molar-refractivity contribution in [2.75, 3.05) is 48.4 Å². The van der Waals surface area contributed by atoms with Crippen molar-refractivity contribution in [3.8, 4) is 5.75 Å². The number of fused-ring (bicyclic) bond motifs is 1. The van der Waals surface area contributed by atoms with Crippen LogP contribution in [-0.2, 0) is 6.42 Å². The molecule has 1 N–H and O–H groups in total. The summed E-state index contributed by atoms with van der Waals surface area (Å²) in [7, 11) is 1.63. The van der Waals surface area contributed by atoms with Crippen LogP contribution in [0.15, 0.2) is 48.5 Å². The molecule has 2 heterocycles. The van der Waals surface area contributed by atoms with Gasteiger partial charge in [0.2, 0.25) is 5.95 Å². The zero-order valence-electron chi connectivity index (χ0n) is 19.4. The van der Waals surface area contributed by atoms with Gasteiger partial charge in [-0.2, -0.15) is 4.98 Å². The number of hydrogen-bond acceptors (Lipinski definition) is 7. The van der Waals surface area contributed by atoms with Gasteiger partial charge in [0.25, 0.3) is 0 Å². The lowest BCUT2D eigenvalue weighted by Gasteiger charge is -2.36. The number of piperazine rings is 1. The number of methoxy groups -OCH3 is 1. The van der Waals surface area contributed by atoms with Crippen LogP contribution in [0.1, 0.15) is 29.4 Å². The highest BCUT2D eigenvalue weighted by Crippen LogP contribution is 2.33. The van der Waals surface area contributed by atoms with Gasteiger partial charge in [0.15, 0.2) is 5.78 Å². The largest absolute Gasteiger partial charge is 0.497 e. The molecule has 1 fully saturated rings. The summed E-state index contributed by atoms with van der Waals surface area (Å²) in [6.07, 6.45) is 1.23. The Morgan fingerprint density at radius 3 is 2.38 bits per heavy atom. The molecule has 0 bridgehead atoms. The van der Waals surface area contributed by atoms with E-state index in [-0.39, 0.29) is 17.5 Å². The average molecular weight is 462 g/mol. The first-order valence-electron chi connectivity index (χ1n) is 11.6. The van der Waals surface area contributed by atoms with E-state index in [1.165, 1.54) is 6.07 Å². The summed E-state index contributed by atoms with van der Waals surface area (Å²) in [4.78, 5) is 26.7. The molecule has 2 aromatic carbocycles. The fourth-order valence-corrected chi connectivity index (χ4v) is 4.65. The second kappa shape index (κ2) is 9.29. The highest BCUT2D eigenvalue weighted by atomic mass is 19.1. The van der Waals surface area contributed by atoms with Crippen LogP contribution >= 0.6 is 0 Å². The molecule has 7 nitrogen and oxygen atoms in total. The fraction of sp³-hybridized carbons (Fsp3) is 0.346. The van der Waals surface area contributed by atoms with Crippen LogP contribution in [0, 0.1) is 11.7 Å². The first-order valence-corrected chi connectivity index (χ1v) is 11.6. The van der Waals surface area contributed by atoms with E-state index in [0.717, 1.165) is 23.6 Å². The molecule has 3 aromatic rings. The lowest BCUT2D eigenvalue weighted by atomic mass is 9.87. The van der Waals surface area contributed by atoms with Crippen molar-refractivity contribution in [2.45, 2.75) is 19.8 Å². The fourth-order valence-electron chi connectivity index (χ4n) is 4.65. The van der Waals surface area contributed by atoms with E-state index in [4.69, 9.17) is 14.7 Å². The van der Waals surface area contributed by atoms with Crippen molar-refractivity contribution in [1.29, 1.82) is 0 Å². The molecular formula is C26H28FN5O2. The van der Waals surface area contributed by atoms with Gasteiger partial charge in [-0.25, -0.2) is 9.37 Å². The van der Waals surface area contributed by atoms with Crippen LogP contribution in [0.5, 0.6) is 5.75 Å². The van der Waals surface area contributed by atoms with Gasteiger partial charge in [-0.3, -0.25) is 4.79 Å². The minimum atomic E-state index is -0.209. The van der Waals surface area contributed by atoms with E-state index in [1.54, 1.807) is 13.2 Å². The summed E-state index contributed by atoms with van der Waals surface area (Å²) in [5.41, 5.74) is 2.82. The molecule has 1 aliphatic carbocycles. The van der Waals surface area contributed by atoms with Crippen LogP contribution in [0.3, 0.4) is 0 Å². The smallest absolute Gasteiger partial charge is 0.227 e. The standard InChI is InChI=1S/C26H28FN5O2/c1-17-15-21-24(23(33)16-17)25(28-18-7-9-19(34-2)10-8-18)30-26(29-21)32-13-11-31(12-14-32)22-6-4-3-5-20(22)27/h3-10,17H,11-16H2,1-2H3,(H,28,29,30). The molecule has 34 heavy (non-hydrogen) atoms. The van der Waals surface area contributed by atoms with Crippen molar-refractivity contribution in [2.24, 2.45) is 5.92 Å². The van der Waals surface area contributed by atoms with Crippen molar-refractivity contribution >= 4 is 28.9 Å². The number of nitrogens with one attached hydrogen (secondary N) is 1. The Morgan fingerprint density at radius 2 is 1.68 bits per heavy atom. The van der Waals surface area contributed by atoms with E-state index in [9.17, 15) is 9.18 Å². The number of para-hydroxylation sites is 1. The van der Waals surface area contributed by atoms with Gasteiger partial charge in [0.1, 0.15) is 17.4 Å². The number of Topliss-reactive ketones (excluding diaryl/α,β-unsaturated/α-hetero) is 1. The third-order valence-corrected chi connectivity index (χ3v) is 6.44. The monoisotopic (exact) mass is 461 g/mol. The number of hydrogen-bond donors (Lipinski definition) is 1. The molecule has 8 heteroatoms. The molecular weight excluding hydrogens is 433 g/mol. The number of anilines is 4. The molecule has 1 unspecified atom stereocenters. The maximum absolute atomic E-state index is 14.2. The first-order chi connectivity index (χ1) is 16.5. The maximum atomic E-state index is 14.2. The van der Waals surface area contributed by atoms with Crippen LogP contribution in [-0.4, -0.2) is 49.0 Å². The molecule has 0 spiro atoms. The quantitative estimate of drug-likeness (QED) is 0.602. The van der Waals surface area contributed by atoms with E-state index in [0.29, 0.717) is 55.6 Å². The van der Waals surface area contributed by atoms with Crippen LogP contribution < -0.4 is 19.9 Å². The summed E-state index contributed by atoms with van der Waals surface area (Å²) in [6.45, 7) is 4.74. The van der Waals surface area contributed by atoms with Crippen LogP contribution in [0.25, 0.3) is 0 Å². The number of carbonyl (C=O) groups is 1. The second-order valence-corrected chi connectivity index (χ2v) is 8.91. The number of nitrogens with zero attached hydrogens (tertiary/aromatic N) is 4. The van der Waals surface area contributed by atoms with Crippen molar-refractivity contribution < 1.29 is 13.9 Å². The van der Waals surface area contributed by atoms with Gasteiger partial charge in [-0.1, -0.05) is 19.1 Å². The van der Waals surface area contributed by atoms with Crippen LogP contribution in [0.2, 0.25) is 0 Å². The molecule has 2 aliphatic rings. The second-order valence-electron chi connectivity index (χ2n) is 8.91. The summed E-state index contributed by atoms with van der Waals surface area (Å²) in [5, 5.41) is 3.34. The molecule has 1 atom stereocenters. The topological polar surface area (TPSA) is 70.6 Å². The lowest BCUT2D eigenvalue weighted by Crippen LogP contribution is -2.47. The molecule has 1 aliphatic heterocycles. The van der Waals surface area contributed by atoms with Gasteiger partial charge >= 0.3 is 0 Å². The Morgan fingerprint density at radius 1 is 0.971 bits per heavy atom. The third-order valence-electron chi connectivity index (χ3n) is 6.44. The number of rotatable bonds is 5. The minimum absolute atomic E-state index is 0.0701. The van der Waals surface area contributed by atoms with Crippen molar-refractivity contribution in [3.05, 3.63) is 65.6 Å². The number of carbonyl (C=O) groups excluding carboxylic acids is 1. The Balaban J connectivity index is 1.42. The van der Waals surface area contributed by atoms with Gasteiger partial charge in [-0.05, 0) is 48.7 Å². The third kappa shape index (κ3) is 4.40. The molecule has 0 saturated carbocycles. The van der Waals surface area contributed by atoms with Crippen LogP contribution in [0.4, 0.5) is 27.5 Å². The number of ether oxygens (including phenoxy) is 1. The SMILES string of the molecule is COc1ccc(Nc2nc(N3CCN(c4ccccc4F)CC3)nc3c2C(=O)CC(C)C3)cc1. The Kier molecular flexibility index (Phi) is 6.04. The lowest BCUT2D eigenvalue weighted by molar-refractivity contribution is 0.0952. The number of halogens is 1. The Labute approximate surface area is 198 Å². The number of benzene rings is 2. The maximum Gasteiger partial charge on any atom is 0.227 e. The van der Waals surface area contributed by atoms with E-state index in [2.05, 4.69) is 17.1 Å². The summed E-state index contributed by atoms with van der Waals surface area (Å²) in [5.74, 6) is 2.01. The molecule has 0 radical (unpaired) electrons. The van der Waals surface area contributed by atoms with Crippen molar-refractivity contribution in [1.82, 2.24) is 9.97 Å².